The van der Waals surface area contributed by atoms with E-state index in [2.05, 4.69) is 61.2 Å². The van der Waals surface area contributed by atoms with Crippen LogP contribution < -0.4 is 5.32 Å². The maximum atomic E-state index is 12.1. The zero-order valence-electron chi connectivity index (χ0n) is 10.9. The van der Waals surface area contributed by atoms with Crippen molar-refractivity contribution < 1.29 is 4.79 Å². The standard InChI is InChI=1S/C12H13Br2N3OS2/c1-3-6(4-2)11-16-17-12(20-11)15-10(18)8-5-7(13)9(14)19-8/h5-6H,3-4H2,1-2H3,(H,15,17,18). The molecular weight excluding hydrogens is 426 g/mol. The smallest absolute Gasteiger partial charge is 0.267 e. The highest BCUT2D eigenvalue weighted by Crippen LogP contribution is 2.33. The van der Waals surface area contributed by atoms with Crippen molar-refractivity contribution in [2.75, 3.05) is 5.32 Å². The van der Waals surface area contributed by atoms with Crippen LogP contribution in [0.1, 0.15) is 47.3 Å². The van der Waals surface area contributed by atoms with E-state index < -0.39 is 0 Å². The van der Waals surface area contributed by atoms with Crippen molar-refractivity contribution in [2.24, 2.45) is 0 Å². The molecule has 0 fully saturated rings. The van der Waals surface area contributed by atoms with E-state index in [4.69, 9.17) is 0 Å². The fraction of sp³-hybridized carbons (Fsp3) is 0.417. The summed E-state index contributed by atoms with van der Waals surface area (Å²) in [6, 6.07) is 1.78. The number of hydrogen-bond acceptors (Lipinski definition) is 5. The quantitative estimate of drug-likeness (QED) is 0.690. The zero-order chi connectivity index (χ0) is 14.7. The summed E-state index contributed by atoms with van der Waals surface area (Å²) < 4.78 is 1.78. The Bertz CT molecular complexity index is 588. The molecule has 108 valence electrons. The van der Waals surface area contributed by atoms with Crippen LogP contribution in [0, 0.1) is 0 Å². The second kappa shape index (κ2) is 7.11. The lowest BCUT2D eigenvalue weighted by Gasteiger charge is -2.05. The van der Waals surface area contributed by atoms with Crippen molar-refractivity contribution >= 4 is 65.6 Å². The number of hydrogen-bond donors (Lipinski definition) is 1. The lowest BCUT2D eigenvalue weighted by atomic mass is 10.1. The Morgan fingerprint density at radius 1 is 1.30 bits per heavy atom. The fourth-order valence-electron chi connectivity index (χ4n) is 1.71. The van der Waals surface area contributed by atoms with E-state index >= 15 is 0 Å². The van der Waals surface area contributed by atoms with Gasteiger partial charge in [0.25, 0.3) is 5.91 Å². The van der Waals surface area contributed by atoms with Crippen molar-refractivity contribution in [1.29, 1.82) is 0 Å². The summed E-state index contributed by atoms with van der Waals surface area (Å²) in [4.78, 5) is 12.7. The molecule has 0 bridgehead atoms. The lowest BCUT2D eigenvalue weighted by Crippen LogP contribution is -2.09. The number of rotatable bonds is 5. The predicted octanol–water partition coefficient (Wildman–Crippen LogP) is 5.28. The molecule has 2 rings (SSSR count). The molecule has 0 aliphatic rings. The largest absolute Gasteiger partial charge is 0.296 e. The van der Waals surface area contributed by atoms with Crippen molar-refractivity contribution in [3.05, 3.63) is 24.2 Å². The maximum absolute atomic E-state index is 12.1. The van der Waals surface area contributed by atoms with E-state index in [1.807, 2.05) is 0 Å². The van der Waals surface area contributed by atoms with Gasteiger partial charge in [0.05, 0.1) is 8.66 Å². The summed E-state index contributed by atoms with van der Waals surface area (Å²) in [6.45, 7) is 4.27. The molecule has 0 saturated heterocycles. The van der Waals surface area contributed by atoms with Crippen LogP contribution in [-0.2, 0) is 0 Å². The molecule has 2 aromatic rings. The first kappa shape index (κ1) is 16.1. The summed E-state index contributed by atoms with van der Waals surface area (Å²) in [5.74, 6) is 0.261. The van der Waals surface area contributed by atoms with Crippen LogP contribution in [0.5, 0.6) is 0 Å². The molecule has 2 aromatic heterocycles. The van der Waals surface area contributed by atoms with Gasteiger partial charge in [-0.05, 0) is 50.8 Å². The van der Waals surface area contributed by atoms with Crippen LogP contribution in [0.3, 0.4) is 0 Å². The van der Waals surface area contributed by atoms with Crippen LogP contribution in [0.15, 0.2) is 14.3 Å². The van der Waals surface area contributed by atoms with Crippen LogP contribution in [0.4, 0.5) is 5.13 Å². The third kappa shape index (κ3) is 3.66. The summed E-state index contributed by atoms with van der Waals surface area (Å²) in [5.41, 5.74) is 0. The van der Waals surface area contributed by atoms with E-state index in [9.17, 15) is 4.79 Å². The topological polar surface area (TPSA) is 54.9 Å². The van der Waals surface area contributed by atoms with Crippen LogP contribution in [0.2, 0.25) is 0 Å². The van der Waals surface area contributed by atoms with Crippen LogP contribution >= 0.6 is 54.5 Å². The number of anilines is 1. The van der Waals surface area contributed by atoms with Crippen molar-refractivity contribution in [1.82, 2.24) is 10.2 Å². The first-order valence-electron chi connectivity index (χ1n) is 6.14. The Labute approximate surface area is 142 Å². The Hall–Kier alpha value is -0.310. The first-order chi connectivity index (χ1) is 9.55. The third-order valence-electron chi connectivity index (χ3n) is 2.86. The number of aromatic nitrogens is 2. The van der Waals surface area contributed by atoms with E-state index in [1.54, 1.807) is 6.07 Å². The van der Waals surface area contributed by atoms with E-state index in [0.29, 0.717) is 15.9 Å². The van der Waals surface area contributed by atoms with Gasteiger partial charge in [-0.15, -0.1) is 21.5 Å². The number of carbonyl (C=O) groups excluding carboxylic acids is 1. The number of thiophene rings is 1. The molecule has 20 heavy (non-hydrogen) atoms. The highest BCUT2D eigenvalue weighted by molar-refractivity contribution is 9.13. The predicted molar refractivity (Wildman–Crippen MR) is 90.9 cm³/mol. The Kier molecular flexibility index (Phi) is 5.71. The molecule has 0 aliphatic heterocycles. The van der Waals surface area contributed by atoms with Gasteiger partial charge in [-0.1, -0.05) is 25.2 Å². The number of nitrogens with zero attached hydrogens (tertiary/aromatic N) is 2. The number of halogens is 2. The molecule has 1 N–H and O–H groups in total. The average Bonchev–Trinajstić information content (AvgIpc) is 3.00. The fourth-order valence-corrected chi connectivity index (χ4v) is 4.64. The Balaban J connectivity index is 2.08. The Morgan fingerprint density at radius 3 is 2.55 bits per heavy atom. The van der Waals surface area contributed by atoms with Crippen molar-refractivity contribution in [3.63, 3.8) is 0 Å². The molecule has 2 heterocycles. The molecule has 4 nitrogen and oxygen atoms in total. The second-order valence-electron chi connectivity index (χ2n) is 4.15. The van der Waals surface area contributed by atoms with Crippen molar-refractivity contribution in [2.45, 2.75) is 32.6 Å². The molecule has 0 aliphatic carbocycles. The normalized spacial score (nSPS) is 11.1. The van der Waals surface area contributed by atoms with Crippen LogP contribution in [-0.4, -0.2) is 16.1 Å². The van der Waals surface area contributed by atoms with Gasteiger partial charge in [-0.25, -0.2) is 0 Å². The highest BCUT2D eigenvalue weighted by Gasteiger charge is 2.17. The van der Waals surface area contributed by atoms with E-state index in [1.165, 1.54) is 22.7 Å². The van der Waals surface area contributed by atoms with Gasteiger partial charge in [0.2, 0.25) is 5.13 Å². The third-order valence-corrected chi connectivity index (χ3v) is 7.12. The lowest BCUT2D eigenvalue weighted by molar-refractivity contribution is 0.103. The molecule has 0 saturated carbocycles. The molecule has 0 spiro atoms. The van der Waals surface area contributed by atoms with E-state index in [-0.39, 0.29) is 5.91 Å². The number of amides is 1. The summed E-state index contributed by atoms with van der Waals surface area (Å²) in [5, 5.41) is 12.5. The molecule has 0 radical (unpaired) electrons. The van der Waals surface area contributed by atoms with Gasteiger partial charge >= 0.3 is 0 Å². The zero-order valence-corrected chi connectivity index (χ0v) is 15.7. The summed E-state index contributed by atoms with van der Waals surface area (Å²) in [6.07, 6.45) is 2.06. The van der Waals surface area contributed by atoms with E-state index in [0.717, 1.165) is 26.1 Å². The minimum Gasteiger partial charge on any atom is -0.296 e. The minimum atomic E-state index is -0.159. The average molecular weight is 439 g/mol. The molecule has 0 unspecified atom stereocenters. The highest BCUT2D eigenvalue weighted by atomic mass is 79.9. The number of nitrogens with one attached hydrogen (secondary N) is 1. The molecule has 8 heteroatoms. The second-order valence-corrected chi connectivity index (χ2v) is 8.38. The molecular formula is C12H13Br2N3OS2. The van der Waals surface area contributed by atoms with Gasteiger partial charge in [-0.3, -0.25) is 10.1 Å². The first-order valence-corrected chi connectivity index (χ1v) is 9.36. The van der Waals surface area contributed by atoms with Gasteiger partial charge in [0, 0.05) is 10.4 Å². The molecule has 1 amide bonds. The monoisotopic (exact) mass is 437 g/mol. The van der Waals surface area contributed by atoms with Crippen molar-refractivity contribution in [3.8, 4) is 0 Å². The maximum Gasteiger partial charge on any atom is 0.267 e. The van der Waals surface area contributed by atoms with Gasteiger partial charge < -0.3 is 0 Å². The minimum absolute atomic E-state index is 0.159. The van der Waals surface area contributed by atoms with Crippen LogP contribution in [0.25, 0.3) is 0 Å². The molecule has 0 atom stereocenters. The Morgan fingerprint density at radius 2 is 2.00 bits per heavy atom. The van der Waals surface area contributed by atoms with Gasteiger partial charge in [0.15, 0.2) is 0 Å². The van der Waals surface area contributed by atoms with Gasteiger partial charge in [0.1, 0.15) is 5.01 Å². The van der Waals surface area contributed by atoms with Gasteiger partial charge in [-0.2, -0.15) is 0 Å². The number of carbonyl (C=O) groups is 1. The summed E-state index contributed by atoms with van der Waals surface area (Å²) in [7, 11) is 0. The molecule has 0 aromatic carbocycles. The SMILES string of the molecule is CCC(CC)c1nnc(NC(=O)c2cc(Br)c(Br)s2)s1. The summed E-state index contributed by atoms with van der Waals surface area (Å²) >= 11 is 9.58.